The topological polar surface area (TPSA) is 108 Å². The summed E-state index contributed by atoms with van der Waals surface area (Å²) < 4.78 is 5.46. The molecule has 33 heavy (non-hydrogen) atoms. The number of carboxylic acid groups (broad SMARTS) is 1. The maximum Gasteiger partial charge on any atom is 0.407 e. The number of likely N-dealkylation sites (N-methyl/N-ethyl adjacent to an activating group) is 1. The van der Waals surface area contributed by atoms with Crippen LogP contribution in [0.25, 0.3) is 11.1 Å². The molecule has 3 rings (SSSR count). The second-order valence-corrected chi connectivity index (χ2v) is 8.22. The first kappa shape index (κ1) is 24.0. The van der Waals surface area contributed by atoms with Gasteiger partial charge in [-0.3, -0.25) is 4.79 Å². The first-order valence-electron chi connectivity index (χ1n) is 10.7. The number of hydrogen-bond donors (Lipinski definition) is 3. The maximum atomic E-state index is 12.2. The minimum atomic E-state index is -1.11. The largest absolute Gasteiger partial charge is 0.480 e. The monoisotopic (exact) mass is 451 g/mol. The molecule has 0 unspecified atom stereocenters. The first-order chi connectivity index (χ1) is 15.8. The van der Waals surface area contributed by atoms with E-state index in [4.69, 9.17) is 4.74 Å². The summed E-state index contributed by atoms with van der Waals surface area (Å²) in [4.78, 5) is 37.4. The van der Waals surface area contributed by atoms with Gasteiger partial charge in [-0.15, -0.1) is 0 Å². The number of rotatable bonds is 9. The van der Waals surface area contributed by atoms with Crippen molar-refractivity contribution in [1.82, 2.24) is 15.5 Å². The van der Waals surface area contributed by atoms with Gasteiger partial charge < -0.3 is 25.4 Å². The average molecular weight is 452 g/mol. The highest BCUT2D eigenvalue weighted by Gasteiger charge is 2.29. The van der Waals surface area contributed by atoms with E-state index in [2.05, 4.69) is 22.8 Å². The fourth-order valence-electron chi connectivity index (χ4n) is 3.85. The summed E-state index contributed by atoms with van der Waals surface area (Å²) in [5.74, 6) is -1.64. The van der Waals surface area contributed by atoms with Crippen molar-refractivity contribution in [2.75, 3.05) is 33.8 Å². The Balaban J connectivity index is 1.51. The third kappa shape index (κ3) is 5.98. The molecule has 3 N–H and O–H groups in total. The highest BCUT2D eigenvalue weighted by atomic mass is 16.5. The molecule has 0 saturated carbocycles. The van der Waals surface area contributed by atoms with Crippen molar-refractivity contribution in [3.63, 3.8) is 0 Å². The molecule has 2 amide bonds. The first-order valence-corrected chi connectivity index (χ1v) is 10.7. The quantitative estimate of drug-likeness (QED) is 0.506. The summed E-state index contributed by atoms with van der Waals surface area (Å²) in [5, 5.41) is 14.3. The Morgan fingerprint density at radius 2 is 1.64 bits per heavy atom. The van der Waals surface area contributed by atoms with Gasteiger partial charge in [-0.2, -0.15) is 0 Å². The number of hydrogen-bond acceptors (Lipinski definition) is 5. The van der Waals surface area contributed by atoms with Crippen molar-refractivity contribution in [3.05, 3.63) is 71.3 Å². The van der Waals surface area contributed by atoms with Crippen molar-refractivity contribution in [2.24, 2.45) is 0 Å². The standard InChI is InChI=1S/C25H29N3O5/c1-16(23(29)27-22(24(30)31)14-28(2)3)12-13-26-25(32)33-15-21-19-10-6-4-8-17(19)18-9-5-7-11-20(18)21/h4-12,21-22H,13-15H2,1-3H3,(H,26,32)(H,27,29)(H,30,31)/b16-12+/t22-/m0/s1. The number of aliphatic carboxylic acids is 1. The lowest BCUT2D eigenvalue weighted by molar-refractivity contribution is -0.141. The zero-order chi connectivity index (χ0) is 24.0. The number of alkyl carbamates (subject to hydrolysis) is 1. The minimum absolute atomic E-state index is 0.0316. The van der Waals surface area contributed by atoms with Gasteiger partial charge >= 0.3 is 12.1 Å². The van der Waals surface area contributed by atoms with Crippen LogP contribution < -0.4 is 10.6 Å². The molecule has 1 aliphatic rings. The zero-order valence-electron chi connectivity index (χ0n) is 19.0. The van der Waals surface area contributed by atoms with Crippen LogP contribution in [0.2, 0.25) is 0 Å². The van der Waals surface area contributed by atoms with Crippen molar-refractivity contribution in [2.45, 2.75) is 18.9 Å². The van der Waals surface area contributed by atoms with Crippen LogP contribution in [-0.4, -0.2) is 67.8 Å². The fourth-order valence-corrected chi connectivity index (χ4v) is 3.85. The molecule has 2 aromatic carbocycles. The number of fused-ring (bicyclic) bond motifs is 3. The Kier molecular flexibility index (Phi) is 7.84. The Labute approximate surface area is 193 Å². The number of nitrogens with one attached hydrogen (secondary N) is 2. The Morgan fingerprint density at radius 1 is 1.06 bits per heavy atom. The van der Waals surface area contributed by atoms with Crippen LogP contribution in [0, 0.1) is 0 Å². The van der Waals surface area contributed by atoms with Crippen molar-refractivity contribution in [1.29, 1.82) is 0 Å². The molecule has 0 heterocycles. The van der Waals surface area contributed by atoms with Crippen molar-refractivity contribution < 1.29 is 24.2 Å². The van der Waals surface area contributed by atoms with E-state index in [0.29, 0.717) is 5.57 Å². The van der Waals surface area contributed by atoms with E-state index in [1.54, 1.807) is 25.9 Å². The van der Waals surface area contributed by atoms with E-state index in [1.807, 2.05) is 36.4 Å². The van der Waals surface area contributed by atoms with Gasteiger partial charge in [0.2, 0.25) is 5.91 Å². The number of benzene rings is 2. The molecule has 0 radical (unpaired) electrons. The average Bonchev–Trinajstić information content (AvgIpc) is 3.10. The van der Waals surface area contributed by atoms with E-state index in [-0.39, 0.29) is 25.6 Å². The molecular formula is C25H29N3O5. The van der Waals surface area contributed by atoms with Gasteiger partial charge in [-0.25, -0.2) is 9.59 Å². The van der Waals surface area contributed by atoms with Gasteiger partial charge in [0.15, 0.2) is 0 Å². The number of amides is 2. The predicted octanol–water partition coefficient (Wildman–Crippen LogP) is 2.60. The summed E-state index contributed by atoms with van der Waals surface area (Å²) in [5.41, 5.74) is 4.87. The molecule has 0 spiro atoms. The van der Waals surface area contributed by atoms with E-state index >= 15 is 0 Å². The van der Waals surface area contributed by atoms with Gasteiger partial charge in [-0.1, -0.05) is 54.6 Å². The van der Waals surface area contributed by atoms with Crippen LogP contribution in [0.15, 0.2) is 60.2 Å². The molecular weight excluding hydrogens is 422 g/mol. The molecule has 0 aromatic heterocycles. The third-order valence-corrected chi connectivity index (χ3v) is 5.51. The molecule has 174 valence electrons. The smallest absolute Gasteiger partial charge is 0.407 e. The fraction of sp³-hybridized carbons (Fsp3) is 0.320. The lowest BCUT2D eigenvalue weighted by Crippen LogP contribution is -2.47. The van der Waals surface area contributed by atoms with Crippen LogP contribution in [0.3, 0.4) is 0 Å². The SMILES string of the molecule is C/C(=C\CNC(=O)OCC1c2ccccc2-c2ccccc21)C(=O)N[C@@H](CN(C)C)C(=O)O. The van der Waals surface area contributed by atoms with Gasteiger partial charge in [0, 0.05) is 24.6 Å². The van der Waals surface area contributed by atoms with Crippen LogP contribution in [0.1, 0.15) is 24.0 Å². The van der Waals surface area contributed by atoms with Gasteiger partial charge in [0.1, 0.15) is 12.6 Å². The van der Waals surface area contributed by atoms with Gasteiger partial charge in [0.05, 0.1) is 0 Å². The van der Waals surface area contributed by atoms with Crippen LogP contribution in [-0.2, 0) is 14.3 Å². The molecule has 0 bridgehead atoms. The van der Waals surface area contributed by atoms with Crippen LogP contribution >= 0.6 is 0 Å². The van der Waals surface area contributed by atoms with Crippen molar-refractivity contribution >= 4 is 18.0 Å². The Hall–Kier alpha value is -3.65. The molecule has 2 aromatic rings. The summed E-state index contributed by atoms with van der Waals surface area (Å²) in [6.45, 7) is 2.02. The molecule has 0 fully saturated rings. The number of ether oxygens (including phenoxy) is 1. The number of carbonyl (C=O) groups excluding carboxylic acids is 2. The molecule has 1 atom stereocenters. The number of carboxylic acids is 1. The molecule has 0 saturated heterocycles. The molecule has 8 heteroatoms. The van der Waals surface area contributed by atoms with E-state index in [0.717, 1.165) is 22.3 Å². The van der Waals surface area contributed by atoms with Crippen LogP contribution in [0.4, 0.5) is 4.79 Å². The summed E-state index contributed by atoms with van der Waals surface area (Å²) in [6.07, 6.45) is 0.933. The summed E-state index contributed by atoms with van der Waals surface area (Å²) >= 11 is 0. The second-order valence-electron chi connectivity index (χ2n) is 8.22. The Morgan fingerprint density at radius 3 is 2.18 bits per heavy atom. The van der Waals surface area contributed by atoms with E-state index < -0.39 is 24.0 Å². The summed E-state index contributed by atoms with van der Waals surface area (Å²) in [6, 6.07) is 15.2. The zero-order valence-corrected chi connectivity index (χ0v) is 19.0. The molecule has 8 nitrogen and oxygen atoms in total. The highest BCUT2D eigenvalue weighted by molar-refractivity contribution is 5.95. The lowest BCUT2D eigenvalue weighted by atomic mass is 9.98. The summed E-state index contributed by atoms with van der Waals surface area (Å²) in [7, 11) is 3.45. The van der Waals surface area contributed by atoms with E-state index in [1.165, 1.54) is 6.08 Å². The second kappa shape index (κ2) is 10.8. The van der Waals surface area contributed by atoms with E-state index in [9.17, 15) is 19.5 Å². The lowest BCUT2D eigenvalue weighted by Gasteiger charge is -2.18. The Bertz CT molecular complexity index is 1020. The molecule has 0 aliphatic heterocycles. The van der Waals surface area contributed by atoms with Crippen LogP contribution in [0.5, 0.6) is 0 Å². The number of nitrogens with zero attached hydrogens (tertiary/aromatic N) is 1. The third-order valence-electron chi connectivity index (χ3n) is 5.51. The minimum Gasteiger partial charge on any atom is -0.480 e. The predicted molar refractivity (Wildman–Crippen MR) is 125 cm³/mol. The van der Waals surface area contributed by atoms with Gasteiger partial charge in [-0.05, 0) is 43.3 Å². The van der Waals surface area contributed by atoms with Gasteiger partial charge in [0.25, 0.3) is 0 Å². The van der Waals surface area contributed by atoms with Crippen molar-refractivity contribution in [3.8, 4) is 11.1 Å². The maximum absolute atomic E-state index is 12.2. The molecule has 1 aliphatic carbocycles. The number of carbonyl (C=O) groups is 3. The highest BCUT2D eigenvalue weighted by Crippen LogP contribution is 2.44. The normalized spacial score (nSPS) is 13.8.